The van der Waals surface area contributed by atoms with Crippen LogP contribution in [0.5, 0.6) is 0 Å². The number of fused-ring (bicyclic) bond motifs is 2. The molecule has 3 N–H and O–H groups in total. The largest absolute Gasteiger partial charge is 0.492 e. The highest BCUT2D eigenvalue weighted by molar-refractivity contribution is 5.93. The van der Waals surface area contributed by atoms with Crippen molar-refractivity contribution in [2.24, 2.45) is 5.73 Å². The lowest BCUT2D eigenvalue weighted by atomic mass is 10.0. The van der Waals surface area contributed by atoms with Gasteiger partial charge >= 0.3 is 0 Å². The lowest BCUT2D eigenvalue weighted by Gasteiger charge is -2.23. The molecule has 2 aliphatic rings. The molecule has 0 radical (unpaired) electrons. The number of nitrogens with two attached hydrogens (primary N) is 1. The lowest BCUT2D eigenvalue weighted by molar-refractivity contribution is 0.233. The molecule has 0 saturated carbocycles. The highest BCUT2D eigenvalue weighted by Crippen LogP contribution is 2.30. The van der Waals surface area contributed by atoms with Crippen molar-refractivity contribution < 1.29 is 4.74 Å². The number of para-hydroxylation sites is 1. The fourth-order valence-electron chi connectivity index (χ4n) is 3.42. The van der Waals surface area contributed by atoms with Crippen LogP contribution in [0.25, 0.3) is 10.9 Å². The number of aromatic nitrogens is 1. The molecule has 1 aliphatic carbocycles. The zero-order chi connectivity index (χ0) is 17.1. The van der Waals surface area contributed by atoms with E-state index in [0.717, 1.165) is 60.6 Å². The van der Waals surface area contributed by atoms with Crippen LogP contribution in [-0.4, -0.2) is 37.8 Å². The van der Waals surface area contributed by atoms with Gasteiger partial charge in [0.25, 0.3) is 0 Å². The molecule has 0 spiro atoms. The van der Waals surface area contributed by atoms with Crippen molar-refractivity contribution in [1.29, 1.82) is 0 Å². The molecule has 25 heavy (non-hydrogen) atoms. The van der Waals surface area contributed by atoms with Gasteiger partial charge in [0.1, 0.15) is 18.2 Å². The van der Waals surface area contributed by atoms with Crippen molar-refractivity contribution in [1.82, 2.24) is 4.98 Å². The number of pyridine rings is 1. The number of benzene rings is 1. The third kappa shape index (κ3) is 3.33. The van der Waals surface area contributed by atoms with Gasteiger partial charge < -0.3 is 20.7 Å². The molecule has 2 heterocycles. The Morgan fingerprint density at radius 3 is 3.00 bits per heavy atom. The van der Waals surface area contributed by atoms with Crippen molar-refractivity contribution in [3.05, 3.63) is 53.8 Å². The van der Waals surface area contributed by atoms with Crippen molar-refractivity contribution in [3.8, 4) is 0 Å². The smallest absolute Gasteiger partial charge is 0.131 e. The summed E-state index contributed by atoms with van der Waals surface area (Å²) >= 11 is 0. The number of nitrogens with zero attached hydrogens (tertiary/aromatic N) is 2. The van der Waals surface area contributed by atoms with Gasteiger partial charge in [0.05, 0.1) is 12.1 Å². The average Bonchev–Trinajstić information content (AvgIpc) is 2.88. The molecule has 0 bridgehead atoms. The second-order valence-electron chi connectivity index (χ2n) is 6.41. The Bertz CT molecular complexity index is 828. The van der Waals surface area contributed by atoms with E-state index in [0.29, 0.717) is 13.2 Å². The first-order valence-electron chi connectivity index (χ1n) is 8.96. The van der Waals surface area contributed by atoms with Crippen molar-refractivity contribution in [2.75, 3.05) is 43.0 Å². The summed E-state index contributed by atoms with van der Waals surface area (Å²) in [5, 5.41) is 4.57. The number of hydrogen-bond donors (Lipinski definition) is 2. The predicted molar refractivity (Wildman–Crippen MR) is 103 cm³/mol. The molecule has 1 saturated heterocycles. The maximum atomic E-state index is 5.93. The monoisotopic (exact) mass is 336 g/mol. The first kappa shape index (κ1) is 16.0. The molecular formula is C20H24N4O. The summed E-state index contributed by atoms with van der Waals surface area (Å²) in [6, 6.07) is 10.4. The minimum atomic E-state index is 0.602. The van der Waals surface area contributed by atoms with Crippen LogP contribution < -0.4 is 16.0 Å². The van der Waals surface area contributed by atoms with Crippen LogP contribution >= 0.6 is 0 Å². The number of rotatable bonds is 4. The first-order chi connectivity index (χ1) is 12.3. The van der Waals surface area contributed by atoms with E-state index < -0.39 is 0 Å². The number of nitrogens with one attached hydrogen (secondary N) is 1. The maximum absolute atomic E-state index is 5.93. The van der Waals surface area contributed by atoms with E-state index in [-0.39, 0.29) is 0 Å². The van der Waals surface area contributed by atoms with E-state index in [2.05, 4.69) is 40.6 Å². The fourth-order valence-corrected chi connectivity index (χ4v) is 3.42. The Kier molecular flexibility index (Phi) is 4.57. The highest BCUT2D eigenvalue weighted by atomic mass is 16.5. The van der Waals surface area contributed by atoms with Gasteiger partial charge in [-0.15, -0.1) is 0 Å². The van der Waals surface area contributed by atoms with Crippen molar-refractivity contribution >= 4 is 22.4 Å². The van der Waals surface area contributed by atoms with Gasteiger partial charge in [-0.25, -0.2) is 4.98 Å². The van der Waals surface area contributed by atoms with Gasteiger partial charge in [-0.05, 0) is 25.0 Å². The number of anilines is 2. The van der Waals surface area contributed by atoms with E-state index in [4.69, 9.17) is 15.5 Å². The molecular weight excluding hydrogens is 312 g/mol. The summed E-state index contributed by atoms with van der Waals surface area (Å²) in [5.74, 6) is 2.03. The summed E-state index contributed by atoms with van der Waals surface area (Å²) in [6.07, 6.45) is 6.66. The Balaban J connectivity index is 1.70. The predicted octanol–water partition coefficient (Wildman–Crippen LogP) is 3.05. The minimum Gasteiger partial charge on any atom is -0.492 e. The second kappa shape index (κ2) is 7.15. The van der Waals surface area contributed by atoms with E-state index in [1.54, 1.807) is 0 Å². The zero-order valence-corrected chi connectivity index (χ0v) is 14.4. The van der Waals surface area contributed by atoms with Crippen LogP contribution in [0.1, 0.15) is 12.8 Å². The number of hydrogen-bond acceptors (Lipinski definition) is 5. The third-order valence-electron chi connectivity index (χ3n) is 4.67. The van der Waals surface area contributed by atoms with Crippen LogP contribution in [0.4, 0.5) is 11.5 Å². The average molecular weight is 336 g/mol. The topological polar surface area (TPSA) is 63.4 Å². The summed E-state index contributed by atoms with van der Waals surface area (Å²) in [5.41, 5.74) is 9.04. The molecule has 4 rings (SSSR count). The standard InChI is InChI=1S/C20H24N4O/c21-9-10-22-18-13-20(23-17-7-3-2-6-16(17)18)24-11-12-25-19-8-4-1-5-15(19)14-24/h2-3,5-8,13H,1,4,9-12,14,21H2,(H,22,23). The molecule has 5 nitrogen and oxygen atoms in total. The third-order valence-corrected chi connectivity index (χ3v) is 4.67. The second-order valence-corrected chi connectivity index (χ2v) is 6.41. The Morgan fingerprint density at radius 2 is 2.08 bits per heavy atom. The van der Waals surface area contributed by atoms with Crippen LogP contribution in [0.3, 0.4) is 0 Å². The molecule has 2 aromatic rings. The molecule has 0 atom stereocenters. The minimum absolute atomic E-state index is 0.602. The van der Waals surface area contributed by atoms with Gasteiger partial charge in [-0.2, -0.15) is 0 Å². The van der Waals surface area contributed by atoms with E-state index in [9.17, 15) is 0 Å². The van der Waals surface area contributed by atoms with Crippen molar-refractivity contribution in [2.45, 2.75) is 12.8 Å². The van der Waals surface area contributed by atoms with Crippen LogP contribution in [0.2, 0.25) is 0 Å². The Labute approximate surface area is 148 Å². The first-order valence-corrected chi connectivity index (χ1v) is 8.96. The summed E-state index contributed by atoms with van der Waals surface area (Å²) < 4.78 is 5.93. The molecule has 5 heteroatoms. The van der Waals surface area contributed by atoms with Crippen LogP contribution in [-0.2, 0) is 4.74 Å². The van der Waals surface area contributed by atoms with Crippen molar-refractivity contribution in [3.63, 3.8) is 0 Å². The van der Waals surface area contributed by atoms with Crippen LogP contribution in [0.15, 0.2) is 53.8 Å². The zero-order valence-electron chi connectivity index (χ0n) is 14.4. The molecule has 1 aliphatic heterocycles. The van der Waals surface area contributed by atoms with Gasteiger partial charge in [0.2, 0.25) is 0 Å². The molecule has 1 aromatic heterocycles. The van der Waals surface area contributed by atoms with E-state index in [1.807, 2.05) is 12.1 Å². The summed E-state index contributed by atoms with van der Waals surface area (Å²) in [6.45, 7) is 3.70. The molecule has 1 fully saturated rings. The fraction of sp³-hybridized carbons (Fsp3) is 0.350. The molecule has 130 valence electrons. The SMILES string of the molecule is NCCNc1cc(N2CCOC3=CCCC=C3C2)nc2ccccc12. The maximum Gasteiger partial charge on any atom is 0.131 e. The number of ether oxygens (including phenoxy) is 1. The summed E-state index contributed by atoms with van der Waals surface area (Å²) in [7, 11) is 0. The Morgan fingerprint density at radius 1 is 1.20 bits per heavy atom. The molecule has 0 unspecified atom stereocenters. The highest BCUT2D eigenvalue weighted by Gasteiger charge is 2.21. The Hall–Kier alpha value is -2.53. The molecule has 1 aromatic carbocycles. The number of allylic oxidation sites excluding steroid dienone is 2. The van der Waals surface area contributed by atoms with E-state index in [1.165, 1.54) is 5.57 Å². The summed E-state index contributed by atoms with van der Waals surface area (Å²) in [4.78, 5) is 7.20. The van der Waals surface area contributed by atoms with Gasteiger partial charge in [-0.1, -0.05) is 24.3 Å². The normalized spacial score (nSPS) is 17.2. The quantitative estimate of drug-likeness (QED) is 0.898. The van der Waals surface area contributed by atoms with Gasteiger partial charge in [0.15, 0.2) is 0 Å². The lowest BCUT2D eigenvalue weighted by Crippen LogP contribution is -2.28. The van der Waals surface area contributed by atoms with Crippen LogP contribution in [0, 0.1) is 0 Å². The molecule has 0 amide bonds. The van der Waals surface area contributed by atoms with Gasteiger partial charge in [-0.3, -0.25) is 0 Å². The van der Waals surface area contributed by atoms with Gasteiger partial charge in [0, 0.05) is 42.3 Å². The van der Waals surface area contributed by atoms with E-state index >= 15 is 0 Å².